The van der Waals surface area contributed by atoms with Gasteiger partial charge in [-0.15, -0.1) is 11.3 Å². The Balaban J connectivity index is 0. The average molecular weight is 276 g/mol. The molecule has 0 aliphatic heterocycles. The van der Waals surface area contributed by atoms with Crippen molar-refractivity contribution >= 4 is 22.7 Å². The predicted octanol–water partition coefficient (Wildman–Crippen LogP) is 5.09. The molecule has 0 fully saturated rings. The van der Waals surface area contributed by atoms with E-state index in [1.165, 1.54) is 6.20 Å². The zero-order valence-corrected chi connectivity index (χ0v) is 13.0. The van der Waals surface area contributed by atoms with Crippen LogP contribution >= 0.6 is 22.7 Å². The molecule has 98 valence electrons. The first kappa shape index (κ1) is 18.6. The Morgan fingerprint density at radius 1 is 1.00 bits per heavy atom. The summed E-state index contributed by atoms with van der Waals surface area (Å²) in [5.74, 6) is 0. The van der Waals surface area contributed by atoms with Crippen LogP contribution in [0.1, 0.15) is 37.7 Å². The molecule has 2 aromatic rings. The van der Waals surface area contributed by atoms with Crippen molar-refractivity contribution in [3.63, 3.8) is 0 Å². The minimum absolute atomic E-state index is 0.211. The number of hydrogen-bond acceptors (Lipinski definition) is 4. The molecule has 2 heterocycles. The van der Waals surface area contributed by atoms with Gasteiger partial charge in [0.2, 0.25) is 0 Å². The molecule has 0 aliphatic rings. The summed E-state index contributed by atoms with van der Waals surface area (Å²) >= 11 is 2.73. The molecule has 2 rings (SSSR count). The van der Waals surface area contributed by atoms with E-state index in [9.17, 15) is 4.39 Å². The van der Waals surface area contributed by atoms with Crippen LogP contribution in [0, 0.1) is 19.0 Å². The molecule has 0 atom stereocenters. The molecule has 0 saturated carbocycles. The lowest BCUT2D eigenvalue weighted by atomic mass is 10.8. The molecule has 0 N–H and O–H groups in total. The van der Waals surface area contributed by atoms with Crippen LogP contribution in [0.5, 0.6) is 0 Å². The second-order valence-corrected chi connectivity index (χ2v) is 4.52. The maximum atomic E-state index is 11.9. The summed E-state index contributed by atoms with van der Waals surface area (Å²) in [6, 6.07) is 0. The monoisotopic (exact) mass is 276 g/mol. The van der Waals surface area contributed by atoms with Gasteiger partial charge in [0.05, 0.1) is 16.2 Å². The van der Waals surface area contributed by atoms with Crippen LogP contribution in [0.25, 0.3) is 0 Å². The molecular weight excluding hydrogens is 255 g/mol. The van der Waals surface area contributed by atoms with Crippen molar-refractivity contribution < 1.29 is 4.39 Å². The highest BCUT2D eigenvalue weighted by molar-refractivity contribution is 7.09. The van der Waals surface area contributed by atoms with E-state index in [0.717, 1.165) is 21.4 Å². The van der Waals surface area contributed by atoms with E-state index in [1.807, 2.05) is 40.0 Å². The van der Waals surface area contributed by atoms with Gasteiger partial charge < -0.3 is 0 Å². The van der Waals surface area contributed by atoms with Crippen LogP contribution in [-0.4, -0.2) is 9.97 Å². The molecular formula is C12H21FN2S2. The molecule has 0 spiro atoms. The minimum Gasteiger partial charge on any atom is -0.250 e. The summed E-state index contributed by atoms with van der Waals surface area (Å²) in [5, 5.41) is 3.67. The van der Waals surface area contributed by atoms with Gasteiger partial charge in [-0.05, 0) is 13.8 Å². The molecule has 2 aromatic heterocycles. The Bertz CT molecular complexity index is 329. The SMILES string of the molecule is CC.CC.Cc1ncc(F)s1.Cc1nccs1. The van der Waals surface area contributed by atoms with E-state index in [0.29, 0.717) is 0 Å². The first-order chi connectivity index (χ1) is 8.18. The maximum absolute atomic E-state index is 11.9. The summed E-state index contributed by atoms with van der Waals surface area (Å²) in [4.78, 5) is 7.59. The zero-order chi connectivity index (χ0) is 13.7. The Kier molecular flexibility index (Phi) is 14.5. The summed E-state index contributed by atoms with van der Waals surface area (Å²) in [6.07, 6.45) is 3.03. The molecule has 0 amide bonds. The number of hydrogen-bond donors (Lipinski definition) is 0. The quantitative estimate of drug-likeness (QED) is 0.669. The molecule has 5 heteroatoms. The summed E-state index contributed by atoms with van der Waals surface area (Å²) in [7, 11) is 0. The molecule has 17 heavy (non-hydrogen) atoms. The van der Waals surface area contributed by atoms with Crippen LogP contribution in [0.3, 0.4) is 0 Å². The number of halogens is 1. The van der Waals surface area contributed by atoms with Crippen LogP contribution in [0.2, 0.25) is 0 Å². The first-order valence-corrected chi connectivity index (χ1v) is 7.32. The molecule has 0 radical (unpaired) electrons. The lowest BCUT2D eigenvalue weighted by Gasteiger charge is -1.66. The Morgan fingerprint density at radius 3 is 1.71 bits per heavy atom. The predicted molar refractivity (Wildman–Crippen MR) is 76.4 cm³/mol. The molecule has 0 bridgehead atoms. The summed E-state index contributed by atoms with van der Waals surface area (Å²) < 4.78 is 11.9. The van der Waals surface area contributed by atoms with Crippen molar-refractivity contribution in [2.75, 3.05) is 0 Å². The summed E-state index contributed by atoms with van der Waals surface area (Å²) in [6.45, 7) is 11.8. The van der Waals surface area contributed by atoms with Crippen molar-refractivity contribution in [2.45, 2.75) is 41.5 Å². The van der Waals surface area contributed by atoms with E-state index in [2.05, 4.69) is 9.97 Å². The highest BCUT2D eigenvalue weighted by Crippen LogP contribution is 2.07. The van der Waals surface area contributed by atoms with Gasteiger partial charge in [0.15, 0.2) is 5.13 Å². The summed E-state index contributed by atoms with van der Waals surface area (Å²) in [5.41, 5.74) is 0. The zero-order valence-electron chi connectivity index (χ0n) is 11.3. The van der Waals surface area contributed by atoms with Gasteiger partial charge in [-0.1, -0.05) is 39.0 Å². The Labute approximate surface area is 112 Å². The second kappa shape index (κ2) is 13.3. The normalized spacial score (nSPS) is 7.71. The molecule has 0 aromatic carbocycles. The van der Waals surface area contributed by atoms with Crippen molar-refractivity contribution in [3.8, 4) is 0 Å². The third-order valence-corrected chi connectivity index (χ3v) is 2.55. The lowest BCUT2D eigenvalue weighted by Crippen LogP contribution is -1.57. The molecule has 0 saturated heterocycles. The van der Waals surface area contributed by atoms with Crippen molar-refractivity contribution in [1.82, 2.24) is 9.97 Å². The largest absolute Gasteiger partial charge is 0.250 e. The highest BCUT2D eigenvalue weighted by Gasteiger charge is 1.90. The topological polar surface area (TPSA) is 25.8 Å². The van der Waals surface area contributed by atoms with Crippen LogP contribution in [0.15, 0.2) is 17.8 Å². The first-order valence-electron chi connectivity index (χ1n) is 5.62. The van der Waals surface area contributed by atoms with Crippen LogP contribution in [-0.2, 0) is 0 Å². The fourth-order valence-corrected chi connectivity index (χ4v) is 1.56. The van der Waals surface area contributed by atoms with E-state index >= 15 is 0 Å². The molecule has 0 unspecified atom stereocenters. The van der Waals surface area contributed by atoms with Gasteiger partial charge in [0.25, 0.3) is 0 Å². The van der Waals surface area contributed by atoms with Crippen molar-refractivity contribution in [2.24, 2.45) is 0 Å². The van der Waals surface area contributed by atoms with Crippen LogP contribution < -0.4 is 0 Å². The third-order valence-electron chi connectivity index (χ3n) is 1.15. The van der Waals surface area contributed by atoms with E-state index in [4.69, 9.17) is 0 Å². The number of aryl methyl sites for hydroxylation is 2. The standard InChI is InChI=1S/C4H4FNS.C4H5NS.2C2H6/c1-3-6-2-4(5)7-3;1-4-5-2-3-6-4;2*1-2/h2H,1H3;2-3H,1H3;2*1-2H3. The van der Waals surface area contributed by atoms with Gasteiger partial charge in [-0.25, -0.2) is 4.98 Å². The van der Waals surface area contributed by atoms with Crippen molar-refractivity contribution in [1.29, 1.82) is 0 Å². The second-order valence-electron chi connectivity index (χ2n) is 2.23. The third kappa shape index (κ3) is 11.5. The van der Waals surface area contributed by atoms with Gasteiger partial charge in [-0.2, -0.15) is 4.39 Å². The Hall–Kier alpha value is -0.810. The van der Waals surface area contributed by atoms with Gasteiger partial charge in [-0.3, -0.25) is 4.98 Å². The number of aromatic nitrogens is 2. The van der Waals surface area contributed by atoms with E-state index in [1.54, 1.807) is 24.5 Å². The minimum atomic E-state index is -0.211. The number of nitrogens with zero attached hydrogens (tertiary/aromatic N) is 2. The average Bonchev–Trinajstić information content (AvgIpc) is 2.97. The van der Waals surface area contributed by atoms with E-state index in [-0.39, 0.29) is 5.13 Å². The number of thiazole rings is 2. The van der Waals surface area contributed by atoms with E-state index < -0.39 is 0 Å². The Morgan fingerprint density at radius 2 is 1.59 bits per heavy atom. The fraction of sp³-hybridized carbons (Fsp3) is 0.500. The maximum Gasteiger partial charge on any atom is 0.196 e. The van der Waals surface area contributed by atoms with Crippen molar-refractivity contribution in [3.05, 3.63) is 32.9 Å². The molecule has 0 aliphatic carbocycles. The van der Waals surface area contributed by atoms with Gasteiger partial charge >= 0.3 is 0 Å². The van der Waals surface area contributed by atoms with Gasteiger partial charge in [0, 0.05) is 11.6 Å². The highest BCUT2D eigenvalue weighted by atomic mass is 32.1. The smallest absolute Gasteiger partial charge is 0.196 e. The lowest BCUT2D eigenvalue weighted by molar-refractivity contribution is 0.653. The van der Waals surface area contributed by atoms with Crippen LogP contribution in [0.4, 0.5) is 4.39 Å². The molecule has 2 nitrogen and oxygen atoms in total. The number of rotatable bonds is 0. The fourth-order valence-electron chi connectivity index (χ4n) is 0.630. The van der Waals surface area contributed by atoms with Gasteiger partial charge in [0.1, 0.15) is 0 Å².